The fraction of sp³-hybridized carbons (Fsp3) is 0.455. The maximum absolute atomic E-state index is 12.8. The Morgan fingerprint density at radius 1 is 1.56 bits per heavy atom. The Kier molecular flexibility index (Phi) is 5.27. The van der Waals surface area contributed by atoms with Crippen molar-refractivity contribution in [3.05, 3.63) is 22.3 Å². The van der Waals surface area contributed by atoms with Crippen LogP contribution in [-0.4, -0.2) is 24.7 Å². The van der Waals surface area contributed by atoms with Gasteiger partial charge in [-0.15, -0.1) is 0 Å². The molecule has 0 aliphatic heterocycles. The highest BCUT2D eigenvalue weighted by Gasteiger charge is 2.20. The molecule has 18 heavy (non-hydrogen) atoms. The van der Waals surface area contributed by atoms with Crippen molar-refractivity contribution in [1.82, 2.24) is 4.98 Å². The number of pyridine rings is 1. The van der Waals surface area contributed by atoms with Gasteiger partial charge in [0.05, 0.1) is 20.1 Å². The van der Waals surface area contributed by atoms with Crippen LogP contribution >= 0.6 is 11.6 Å². The molecule has 100 valence electrons. The van der Waals surface area contributed by atoms with Crippen molar-refractivity contribution >= 4 is 17.6 Å². The van der Waals surface area contributed by atoms with E-state index in [-0.39, 0.29) is 29.5 Å². The first-order valence-electron chi connectivity index (χ1n) is 5.16. The molecule has 1 heterocycles. The number of aromatic nitrogens is 1. The summed E-state index contributed by atoms with van der Waals surface area (Å²) in [6, 6.07) is 1.24. The molecule has 4 nitrogen and oxygen atoms in total. The molecule has 0 saturated heterocycles. The summed E-state index contributed by atoms with van der Waals surface area (Å²) in [6.07, 6.45) is -3.12. The van der Waals surface area contributed by atoms with E-state index in [9.17, 15) is 13.6 Å². The van der Waals surface area contributed by atoms with Crippen LogP contribution in [0.2, 0.25) is 5.02 Å². The third-order valence-corrected chi connectivity index (χ3v) is 2.37. The van der Waals surface area contributed by atoms with Gasteiger partial charge in [-0.05, 0) is 18.6 Å². The van der Waals surface area contributed by atoms with Crippen molar-refractivity contribution in [1.29, 1.82) is 0 Å². The van der Waals surface area contributed by atoms with Gasteiger partial charge in [0, 0.05) is 0 Å². The van der Waals surface area contributed by atoms with Crippen LogP contribution in [0.25, 0.3) is 0 Å². The summed E-state index contributed by atoms with van der Waals surface area (Å²) >= 11 is 5.78. The third-order valence-electron chi connectivity index (χ3n) is 2.10. The lowest BCUT2D eigenvalue weighted by Crippen LogP contribution is -2.11. The first-order chi connectivity index (χ1) is 8.49. The summed E-state index contributed by atoms with van der Waals surface area (Å²) in [6.45, 7) is 1.81. The van der Waals surface area contributed by atoms with E-state index in [0.29, 0.717) is 0 Å². The van der Waals surface area contributed by atoms with Crippen LogP contribution in [0.5, 0.6) is 5.88 Å². The van der Waals surface area contributed by atoms with Crippen molar-refractivity contribution < 1.29 is 23.0 Å². The zero-order chi connectivity index (χ0) is 13.7. The Labute approximate surface area is 108 Å². The second-order valence-corrected chi connectivity index (χ2v) is 3.71. The van der Waals surface area contributed by atoms with Gasteiger partial charge in [0.15, 0.2) is 0 Å². The highest BCUT2D eigenvalue weighted by Crippen LogP contribution is 2.30. The molecule has 0 amide bonds. The van der Waals surface area contributed by atoms with Crippen LogP contribution in [0, 0.1) is 0 Å². The van der Waals surface area contributed by atoms with E-state index >= 15 is 0 Å². The lowest BCUT2D eigenvalue weighted by atomic mass is 10.1. The lowest BCUT2D eigenvalue weighted by Gasteiger charge is -2.10. The SMILES string of the molecule is CCOC(=O)Cc1cc(Cl)c(OC)nc1C(F)F. The van der Waals surface area contributed by atoms with E-state index in [2.05, 4.69) is 4.98 Å². The number of halogens is 3. The predicted octanol–water partition coefficient (Wildman–Crippen LogP) is 2.79. The van der Waals surface area contributed by atoms with E-state index in [1.807, 2.05) is 0 Å². The van der Waals surface area contributed by atoms with Gasteiger partial charge in [0.25, 0.3) is 6.43 Å². The maximum Gasteiger partial charge on any atom is 0.310 e. The predicted molar refractivity (Wildman–Crippen MR) is 61.1 cm³/mol. The zero-order valence-electron chi connectivity index (χ0n) is 9.87. The minimum absolute atomic E-state index is 0.0363. The highest BCUT2D eigenvalue weighted by atomic mass is 35.5. The molecule has 7 heteroatoms. The van der Waals surface area contributed by atoms with Crippen LogP contribution < -0.4 is 4.74 Å². The molecule has 0 saturated carbocycles. The Balaban J connectivity index is 3.09. The molecule has 0 aromatic carbocycles. The molecule has 1 aromatic heterocycles. The van der Waals surface area contributed by atoms with E-state index < -0.39 is 18.1 Å². The molecular weight excluding hydrogens is 268 g/mol. The number of methoxy groups -OCH3 is 1. The summed E-state index contributed by atoms with van der Waals surface area (Å²) < 4.78 is 35.0. The second kappa shape index (κ2) is 6.49. The van der Waals surface area contributed by atoms with Gasteiger partial charge in [-0.3, -0.25) is 4.79 Å². The highest BCUT2D eigenvalue weighted by molar-refractivity contribution is 6.31. The standard InChI is InChI=1S/C11H12ClF2NO3/c1-3-18-8(16)5-6-4-7(12)11(17-2)15-9(6)10(13)14/h4,10H,3,5H2,1-2H3. The molecule has 0 fully saturated rings. The molecule has 0 bridgehead atoms. The summed E-state index contributed by atoms with van der Waals surface area (Å²) in [7, 11) is 1.27. The van der Waals surface area contributed by atoms with Crippen LogP contribution in [0.4, 0.5) is 8.78 Å². The van der Waals surface area contributed by atoms with Crippen molar-refractivity contribution in [2.75, 3.05) is 13.7 Å². The van der Waals surface area contributed by atoms with Crippen LogP contribution in [-0.2, 0) is 16.0 Å². The molecule has 0 atom stereocenters. The summed E-state index contributed by atoms with van der Waals surface area (Å²) in [5, 5.41) is 0.0706. The fourth-order valence-electron chi connectivity index (χ4n) is 1.36. The third kappa shape index (κ3) is 3.53. The van der Waals surface area contributed by atoms with Gasteiger partial charge in [0.2, 0.25) is 5.88 Å². The largest absolute Gasteiger partial charge is 0.480 e. The first-order valence-corrected chi connectivity index (χ1v) is 5.54. The minimum Gasteiger partial charge on any atom is -0.480 e. The smallest absolute Gasteiger partial charge is 0.310 e. The monoisotopic (exact) mass is 279 g/mol. The van der Waals surface area contributed by atoms with Gasteiger partial charge < -0.3 is 9.47 Å². The molecule has 0 N–H and O–H groups in total. The van der Waals surface area contributed by atoms with Crippen molar-refractivity contribution in [3.63, 3.8) is 0 Å². The van der Waals surface area contributed by atoms with Crippen LogP contribution in [0.3, 0.4) is 0 Å². The molecule has 0 radical (unpaired) electrons. The van der Waals surface area contributed by atoms with Gasteiger partial charge in [-0.2, -0.15) is 0 Å². The average Bonchev–Trinajstić information content (AvgIpc) is 2.29. The molecule has 1 aromatic rings. The average molecular weight is 280 g/mol. The van der Waals surface area contributed by atoms with Gasteiger partial charge in [0.1, 0.15) is 10.7 Å². The van der Waals surface area contributed by atoms with E-state index in [1.165, 1.54) is 13.2 Å². The van der Waals surface area contributed by atoms with Crippen molar-refractivity contribution in [2.45, 2.75) is 19.8 Å². The Bertz CT molecular complexity index is 441. The lowest BCUT2D eigenvalue weighted by molar-refractivity contribution is -0.142. The number of alkyl halides is 2. The fourth-order valence-corrected chi connectivity index (χ4v) is 1.62. The maximum atomic E-state index is 12.8. The van der Waals surface area contributed by atoms with Crippen molar-refractivity contribution in [3.8, 4) is 5.88 Å². The Morgan fingerprint density at radius 3 is 2.72 bits per heavy atom. The number of hydrogen-bond acceptors (Lipinski definition) is 4. The second-order valence-electron chi connectivity index (χ2n) is 3.31. The zero-order valence-corrected chi connectivity index (χ0v) is 10.6. The normalized spacial score (nSPS) is 10.6. The Hall–Kier alpha value is -1.43. The van der Waals surface area contributed by atoms with Crippen LogP contribution in [0.15, 0.2) is 6.07 Å². The molecule has 1 rings (SSSR count). The summed E-state index contributed by atoms with van der Waals surface area (Å²) in [5.41, 5.74) is -0.487. The Morgan fingerprint density at radius 2 is 2.22 bits per heavy atom. The summed E-state index contributed by atoms with van der Waals surface area (Å²) in [4.78, 5) is 14.9. The topological polar surface area (TPSA) is 48.4 Å². The van der Waals surface area contributed by atoms with Gasteiger partial charge >= 0.3 is 5.97 Å². The number of carbonyl (C=O) groups excluding carboxylic acids is 1. The summed E-state index contributed by atoms with van der Waals surface area (Å²) in [5.74, 6) is -0.706. The number of carbonyl (C=O) groups is 1. The molecule has 0 aliphatic carbocycles. The van der Waals surface area contributed by atoms with Gasteiger partial charge in [-0.1, -0.05) is 11.6 Å². The van der Waals surface area contributed by atoms with E-state index in [4.69, 9.17) is 21.1 Å². The number of nitrogens with zero attached hydrogens (tertiary/aromatic N) is 1. The molecule has 0 aliphatic rings. The van der Waals surface area contributed by atoms with E-state index in [1.54, 1.807) is 6.92 Å². The number of ether oxygens (including phenoxy) is 2. The first kappa shape index (κ1) is 14.6. The van der Waals surface area contributed by atoms with Gasteiger partial charge in [-0.25, -0.2) is 13.8 Å². The molecular formula is C11H12ClF2NO3. The molecule has 0 unspecified atom stereocenters. The number of hydrogen-bond donors (Lipinski definition) is 0. The van der Waals surface area contributed by atoms with E-state index in [0.717, 1.165) is 0 Å². The molecule has 0 spiro atoms. The number of rotatable bonds is 5. The number of esters is 1. The minimum atomic E-state index is -2.82. The van der Waals surface area contributed by atoms with Crippen LogP contribution in [0.1, 0.15) is 24.6 Å². The van der Waals surface area contributed by atoms with Crippen molar-refractivity contribution in [2.24, 2.45) is 0 Å². The quantitative estimate of drug-likeness (QED) is 0.778.